The summed E-state index contributed by atoms with van der Waals surface area (Å²) in [5, 5.41) is 2.98. The topological polar surface area (TPSA) is 69.3 Å². The summed E-state index contributed by atoms with van der Waals surface area (Å²) in [5.41, 5.74) is 4.32. The van der Waals surface area contributed by atoms with Gasteiger partial charge >= 0.3 is 0 Å². The fourth-order valence-corrected chi connectivity index (χ4v) is 3.77. The second kappa shape index (κ2) is 9.08. The van der Waals surface area contributed by atoms with Gasteiger partial charge in [-0.25, -0.2) is 4.98 Å². The normalized spacial score (nSPS) is 12.1. The molecule has 0 aliphatic carbocycles. The molecule has 0 radical (unpaired) electrons. The monoisotopic (exact) mass is 417 g/mol. The molecule has 2 aromatic carbocycles. The number of aryl methyl sites for hydroxylation is 3. The van der Waals surface area contributed by atoms with E-state index in [1.54, 1.807) is 12.1 Å². The summed E-state index contributed by atoms with van der Waals surface area (Å²) in [6, 6.07) is 17.3. The molecule has 2 heterocycles. The van der Waals surface area contributed by atoms with Crippen molar-refractivity contribution in [3.63, 3.8) is 0 Å². The highest BCUT2D eigenvalue weighted by molar-refractivity contribution is 5.91. The molecule has 1 amide bonds. The van der Waals surface area contributed by atoms with Crippen molar-refractivity contribution in [1.29, 1.82) is 0 Å². The first kappa shape index (κ1) is 20.7. The van der Waals surface area contributed by atoms with Gasteiger partial charge in [0.25, 0.3) is 5.91 Å². The Labute approximate surface area is 181 Å². The van der Waals surface area contributed by atoms with Gasteiger partial charge in [-0.15, -0.1) is 0 Å². The first-order valence-corrected chi connectivity index (χ1v) is 10.5. The number of aromatic nitrogens is 2. The van der Waals surface area contributed by atoms with Crippen molar-refractivity contribution in [3.8, 4) is 5.75 Å². The zero-order chi connectivity index (χ0) is 21.8. The average Bonchev–Trinajstić information content (AvgIpc) is 3.41. The molecule has 2 aromatic heterocycles. The van der Waals surface area contributed by atoms with E-state index in [2.05, 4.69) is 41.9 Å². The standard InChI is InChI=1S/C25H27N3O3/c1-17-11-12-22(18(2)16-17)30-15-7-13-28-21-9-5-4-8-20(21)27-24(28)19(3)26-25(29)23-10-6-14-31-23/h4-6,8-12,14,16,19H,7,13,15H2,1-3H3,(H,26,29)/t19-/m1/s1. The Morgan fingerprint density at radius 1 is 1.16 bits per heavy atom. The molecule has 0 spiro atoms. The molecule has 0 bridgehead atoms. The van der Waals surface area contributed by atoms with Gasteiger partial charge < -0.3 is 19.0 Å². The van der Waals surface area contributed by atoms with Crippen LogP contribution in [0.3, 0.4) is 0 Å². The van der Waals surface area contributed by atoms with E-state index < -0.39 is 0 Å². The first-order valence-electron chi connectivity index (χ1n) is 10.5. The van der Waals surface area contributed by atoms with E-state index in [9.17, 15) is 4.79 Å². The molecule has 6 nitrogen and oxygen atoms in total. The zero-order valence-corrected chi connectivity index (χ0v) is 18.1. The Bertz CT molecular complexity index is 1180. The first-order chi connectivity index (χ1) is 15.0. The van der Waals surface area contributed by atoms with Gasteiger partial charge in [-0.3, -0.25) is 4.79 Å². The molecule has 1 N–H and O–H groups in total. The lowest BCUT2D eigenvalue weighted by molar-refractivity contribution is 0.0909. The summed E-state index contributed by atoms with van der Waals surface area (Å²) in [6.45, 7) is 7.41. The molecule has 0 unspecified atom stereocenters. The van der Waals surface area contributed by atoms with Crippen LogP contribution in [0.15, 0.2) is 65.3 Å². The Hall–Kier alpha value is -3.54. The molecule has 4 rings (SSSR count). The van der Waals surface area contributed by atoms with E-state index in [-0.39, 0.29) is 17.7 Å². The minimum Gasteiger partial charge on any atom is -0.493 e. The number of rotatable bonds is 8. The third-order valence-electron chi connectivity index (χ3n) is 5.28. The fourth-order valence-electron chi connectivity index (χ4n) is 3.77. The average molecular weight is 418 g/mol. The lowest BCUT2D eigenvalue weighted by Gasteiger charge is -2.16. The van der Waals surface area contributed by atoms with Crippen LogP contribution in [0, 0.1) is 13.8 Å². The van der Waals surface area contributed by atoms with E-state index in [1.807, 2.05) is 31.2 Å². The Morgan fingerprint density at radius 2 is 2.00 bits per heavy atom. The molecule has 0 aliphatic heterocycles. The van der Waals surface area contributed by atoms with Gasteiger partial charge in [-0.2, -0.15) is 0 Å². The summed E-state index contributed by atoms with van der Waals surface area (Å²) >= 11 is 0. The number of benzene rings is 2. The molecule has 160 valence electrons. The van der Waals surface area contributed by atoms with E-state index >= 15 is 0 Å². The molecule has 4 aromatic rings. The second-order valence-electron chi connectivity index (χ2n) is 7.75. The predicted octanol–water partition coefficient (Wildman–Crippen LogP) is 5.21. The van der Waals surface area contributed by atoms with Crippen molar-refractivity contribution in [2.45, 2.75) is 39.8 Å². The number of nitrogens with zero attached hydrogens (tertiary/aromatic N) is 2. The van der Waals surface area contributed by atoms with Crippen LogP contribution < -0.4 is 10.1 Å². The number of para-hydroxylation sites is 2. The van der Waals surface area contributed by atoms with Gasteiger partial charge in [-0.05, 0) is 63.1 Å². The van der Waals surface area contributed by atoms with Gasteiger partial charge in [0.05, 0.1) is 29.9 Å². The van der Waals surface area contributed by atoms with Crippen LogP contribution >= 0.6 is 0 Å². The number of hydrogen-bond acceptors (Lipinski definition) is 4. The predicted molar refractivity (Wildman–Crippen MR) is 120 cm³/mol. The van der Waals surface area contributed by atoms with Crippen molar-refractivity contribution in [1.82, 2.24) is 14.9 Å². The quantitative estimate of drug-likeness (QED) is 0.400. The summed E-state index contributed by atoms with van der Waals surface area (Å²) < 4.78 is 13.4. The summed E-state index contributed by atoms with van der Waals surface area (Å²) in [4.78, 5) is 17.2. The van der Waals surface area contributed by atoms with Crippen LogP contribution in [0.4, 0.5) is 0 Å². The largest absolute Gasteiger partial charge is 0.493 e. The number of carbonyl (C=O) groups excluding carboxylic acids is 1. The molecule has 0 fully saturated rings. The SMILES string of the molecule is Cc1ccc(OCCCn2c([C@@H](C)NC(=O)c3ccco3)nc3ccccc32)c(C)c1. The maximum absolute atomic E-state index is 12.4. The number of fused-ring (bicyclic) bond motifs is 1. The van der Waals surface area contributed by atoms with Gasteiger partial charge in [0.1, 0.15) is 11.6 Å². The van der Waals surface area contributed by atoms with Gasteiger partial charge in [0.15, 0.2) is 5.76 Å². The maximum Gasteiger partial charge on any atom is 0.287 e. The van der Waals surface area contributed by atoms with Gasteiger partial charge in [0.2, 0.25) is 0 Å². The van der Waals surface area contributed by atoms with Crippen molar-refractivity contribution >= 4 is 16.9 Å². The molecule has 1 atom stereocenters. The number of ether oxygens (including phenoxy) is 1. The number of imidazole rings is 1. The molecule has 6 heteroatoms. The van der Waals surface area contributed by atoms with Crippen LogP contribution in [0.1, 0.15) is 46.9 Å². The molecular formula is C25H27N3O3. The van der Waals surface area contributed by atoms with E-state index in [4.69, 9.17) is 14.1 Å². The van der Waals surface area contributed by atoms with Crippen molar-refractivity contribution in [2.24, 2.45) is 0 Å². The Balaban J connectivity index is 1.47. The summed E-state index contributed by atoms with van der Waals surface area (Å²) in [6.07, 6.45) is 2.31. The summed E-state index contributed by atoms with van der Waals surface area (Å²) in [5.74, 6) is 1.76. The Kier molecular flexibility index (Phi) is 6.07. The van der Waals surface area contributed by atoms with Gasteiger partial charge in [0, 0.05) is 6.54 Å². The number of amides is 1. The number of carbonyl (C=O) groups is 1. The van der Waals surface area contributed by atoms with E-state index in [1.165, 1.54) is 11.8 Å². The summed E-state index contributed by atoms with van der Waals surface area (Å²) in [7, 11) is 0. The smallest absolute Gasteiger partial charge is 0.287 e. The molecule has 0 aliphatic rings. The van der Waals surface area contributed by atoms with E-state index in [0.29, 0.717) is 6.61 Å². The maximum atomic E-state index is 12.4. The second-order valence-corrected chi connectivity index (χ2v) is 7.75. The fraction of sp³-hybridized carbons (Fsp3) is 0.280. The third-order valence-corrected chi connectivity index (χ3v) is 5.28. The lowest BCUT2D eigenvalue weighted by atomic mass is 10.1. The van der Waals surface area contributed by atoms with Crippen LogP contribution in [0.25, 0.3) is 11.0 Å². The van der Waals surface area contributed by atoms with Gasteiger partial charge in [-0.1, -0.05) is 29.8 Å². The van der Waals surface area contributed by atoms with Crippen molar-refractivity contribution in [2.75, 3.05) is 6.61 Å². The highest BCUT2D eigenvalue weighted by Crippen LogP contribution is 2.23. The zero-order valence-electron chi connectivity index (χ0n) is 18.1. The molecule has 0 saturated heterocycles. The molecule has 0 saturated carbocycles. The Morgan fingerprint density at radius 3 is 2.77 bits per heavy atom. The minimum absolute atomic E-state index is 0.255. The van der Waals surface area contributed by atoms with Crippen LogP contribution in [-0.2, 0) is 6.54 Å². The van der Waals surface area contributed by atoms with Crippen LogP contribution in [0.2, 0.25) is 0 Å². The highest BCUT2D eigenvalue weighted by atomic mass is 16.5. The molecular weight excluding hydrogens is 390 g/mol. The minimum atomic E-state index is -0.273. The lowest BCUT2D eigenvalue weighted by Crippen LogP contribution is -2.28. The van der Waals surface area contributed by atoms with Crippen LogP contribution in [-0.4, -0.2) is 22.1 Å². The number of nitrogens with one attached hydrogen (secondary N) is 1. The number of furan rings is 1. The van der Waals surface area contributed by atoms with Crippen LogP contribution in [0.5, 0.6) is 5.75 Å². The van der Waals surface area contributed by atoms with E-state index in [0.717, 1.165) is 41.1 Å². The van der Waals surface area contributed by atoms with Crippen molar-refractivity contribution in [3.05, 3.63) is 83.6 Å². The highest BCUT2D eigenvalue weighted by Gasteiger charge is 2.20. The third kappa shape index (κ3) is 4.63. The number of hydrogen-bond donors (Lipinski definition) is 1. The molecule has 31 heavy (non-hydrogen) atoms. The van der Waals surface area contributed by atoms with Crippen molar-refractivity contribution < 1.29 is 13.9 Å².